The lowest BCUT2D eigenvalue weighted by Gasteiger charge is -2.36. The average Bonchev–Trinajstić information content (AvgIpc) is 2.48. The van der Waals surface area contributed by atoms with Crippen LogP contribution in [-0.2, 0) is 0 Å². The standard InChI is InChI=1S/C16H22F2N2O/c1-2-9-20(13-6-4-12(19)5-7-13)16(21)14-10-11(17)3-8-15(14)18/h3,8,10,12-13H,2,4-7,9,19H2,1H3. The van der Waals surface area contributed by atoms with Gasteiger partial charge < -0.3 is 10.6 Å². The molecular weight excluding hydrogens is 274 g/mol. The molecule has 0 aliphatic heterocycles. The van der Waals surface area contributed by atoms with Gasteiger partial charge in [-0.25, -0.2) is 8.78 Å². The van der Waals surface area contributed by atoms with Crippen molar-refractivity contribution in [2.24, 2.45) is 5.73 Å². The van der Waals surface area contributed by atoms with Crippen LogP contribution in [0.15, 0.2) is 18.2 Å². The number of carbonyl (C=O) groups is 1. The molecule has 0 heterocycles. The second-order valence-corrected chi connectivity index (χ2v) is 5.69. The maximum absolute atomic E-state index is 13.8. The van der Waals surface area contributed by atoms with Crippen LogP contribution >= 0.6 is 0 Å². The van der Waals surface area contributed by atoms with Crippen molar-refractivity contribution in [2.75, 3.05) is 6.54 Å². The Balaban J connectivity index is 2.20. The van der Waals surface area contributed by atoms with Gasteiger partial charge in [0.15, 0.2) is 0 Å². The third kappa shape index (κ3) is 3.79. The molecule has 0 atom stereocenters. The van der Waals surface area contributed by atoms with Gasteiger partial charge in [0, 0.05) is 18.6 Å². The molecule has 0 aromatic heterocycles. The Labute approximate surface area is 124 Å². The van der Waals surface area contributed by atoms with Gasteiger partial charge in [0.25, 0.3) is 5.91 Å². The molecule has 1 aliphatic rings. The van der Waals surface area contributed by atoms with Crippen LogP contribution in [0.5, 0.6) is 0 Å². The zero-order valence-corrected chi connectivity index (χ0v) is 12.3. The molecule has 21 heavy (non-hydrogen) atoms. The zero-order valence-electron chi connectivity index (χ0n) is 12.3. The van der Waals surface area contributed by atoms with Crippen LogP contribution in [0.4, 0.5) is 8.78 Å². The highest BCUT2D eigenvalue weighted by atomic mass is 19.1. The van der Waals surface area contributed by atoms with Gasteiger partial charge in [0.05, 0.1) is 5.56 Å². The summed E-state index contributed by atoms with van der Waals surface area (Å²) < 4.78 is 27.1. The number of rotatable bonds is 4. The van der Waals surface area contributed by atoms with Gasteiger partial charge in [0.2, 0.25) is 0 Å². The summed E-state index contributed by atoms with van der Waals surface area (Å²) in [6.07, 6.45) is 4.16. The number of hydrogen-bond acceptors (Lipinski definition) is 2. The van der Waals surface area contributed by atoms with Crippen molar-refractivity contribution in [3.8, 4) is 0 Å². The van der Waals surface area contributed by atoms with Crippen LogP contribution in [-0.4, -0.2) is 29.4 Å². The molecule has 116 valence electrons. The van der Waals surface area contributed by atoms with E-state index in [-0.39, 0.29) is 17.6 Å². The fourth-order valence-corrected chi connectivity index (χ4v) is 2.92. The fraction of sp³-hybridized carbons (Fsp3) is 0.562. The predicted molar refractivity (Wildman–Crippen MR) is 77.9 cm³/mol. The fourth-order valence-electron chi connectivity index (χ4n) is 2.92. The van der Waals surface area contributed by atoms with Gasteiger partial charge in [-0.3, -0.25) is 4.79 Å². The Morgan fingerprint density at radius 2 is 1.95 bits per heavy atom. The summed E-state index contributed by atoms with van der Waals surface area (Å²) in [5, 5.41) is 0. The molecular formula is C16H22F2N2O. The van der Waals surface area contributed by atoms with Gasteiger partial charge in [-0.2, -0.15) is 0 Å². The Kier molecular flexibility index (Phi) is 5.28. The Hall–Kier alpha value is -1.49. The Morgan fingerprint density at radius 1 is 1.29 bits per heavy atom. The number of amides is 1. The minimum Gasteiger partial charge on any atom is -0.336 e. The Bertz CT molecular complexity index is 499. The van der Waals surface area contributed by atoms with Gasteiger partial charge in [0.1, 0.15) is 11.6 Å². The smallest absolute Gasteiger partial charge is 0.257 e. The van der Waals surface area contributed by atoms with Crippen molar-refractivity contribution in [1.82, 2.24) is 4.90 Å². The first-order valence-electron chi connectivity index (χ1n) is 7.54. The molecule has 1 aliphatic carbocycles. The SMILES string of the molecule is CCCN(C(=O)c1cc(F)ccc1F)C1CCC(N)CC1. The number of carbonyl (C=O) groups excluding carboxylic acids is 1. The quantitative estimate of drug-likeness (QED) is 0.928. The second-order valence-electron chi connectivity index (χ2n) is 5.69. The minimum absolute atomic E-state index is 0.0694. The van der Waals surface area contributed by atoms with Crippen molar-refractivity contribution in [3.63, 3.8) is 0 Å². The molecule has 1 aromatic rings. The summed E-state index contributed by atoms with van der Waals surface area (Å²) in [6, 6.07) is 3.26. The van der Waals surface area contributed by atoms with Gasteiger partial charge in [-0.05, 0) is 50.3 Å². The van der Waals surface area contributed by atoms with Crippen LogP contribution in [0.1, 0.15) is 49.4 Å². The summed E-state index contributed by atoms with van der Waals surface area (Å²) in [5.41, 5.74) is 5.71. The van der Waals surface area contributed by atoms with E-state index < -0.39 is 17.5 Å². The van der Waals surface area contributed by atoms with E-state index in [1.165, 1.54) is 0 Å². The van der Waals surface area contributed by atoms with Gasteiger partial charge in [-0.1, -0.05) is 6.92 Å². The maximum atomic E-state index is 13.8. The summed E-state index contributed by atoms with van der Waals surface area (Å²) in [4.78, 5) is 14.3. The van der Waals surface area contributed by atoms with Crippen molar-refractivity contribution in [2.45, 2.75) is 51.1 Å². The molecule has 1 aromatic carbocycles. The van der Waals surface area contributed by atoms with Crippen molar-refractivity contribution >= 4 is 5.91 Å². The molecule has 0 radical (unpaired) electrons. The molecule has 2 N–H and O–H groups in total. The number of halogens is 2. The normalized spacial score (nSPS) is 22.1. The summed E-state index contributed by atoms with van der Waals surface area (Å²) >= 11 is 0. The van der Waals surface area contributed by atoms with E-state index in [1.807, 2.05) is 6.92 Å². The van der Waals surface area contributed by atoms with E-state index in [2.05, 4.69) is 0 Å². The number of hydrogen-bond donors (Lipinski definition) is 1. The Morgan fingerprint density at radius 3 is 2.57 bits per heavy atom. The predicted octanol–water partition coefficient (Wildman–Crippen LogP) is 3.09. The largest absolute Gasteiger partial charge is 0.336 e. The molecule has 1 amide bonds. The highest BCUT2D eigenvalue weighted by Crippen LogP contribution is 2.24. The van der Waals surface area contributed by atoms with Crippen molar-refractivity contribution in [1.29, 1.82) is 0 Å². The molecule has 5 heteroatoms. The monoisotopic (exact) mass is 296 g/mol. The lowest BCUT2D eigenvalue weighted by atomic mass is 9.90. The van der Waals surface area contributed by atoms with Crippen LogP contribution in [0.25, 0.3) is 0 Å². The van der Waals surface area contributed by atoms with Crippen LogP contribution in [0.3, 0.4) is 0 Å². The third-order valence-corrected chi connectivity index (χ3v) is 4.07. The minimum atomic E-state index is -0.671. The zero-order chi connectivity index (χ0) is 15.4. The van der Waals surface area contributed by atoms with E-state index in [1.54, 1.807) is 4.90 Å². The first-order valence-corrected chi connectivity index (χ1v) is 7.54. The van der Waals surface area contributed by atoms with E-state index >= 15 is 0 Å². The lowest BCUT2D eigenvalue weighted by molar-refractivity contribution is 0.0621. The van der Waals surface area contributed by atoms with Gasteiger partial charge >= 0.3 is 0 Å². The van der Waals surface area contributed by atoms with E-state index in [0.29, 0.717) is 6.54 Å². The first kappa shape index (κ1) is 15.9. The highest BCUT2D eigenvalue weighted by molar-refractivity contribution is 5.94. The van der Waals surface area contributed by atoms with Gasteiger partial charge in [-0.15, -0.1) is 0 Å². The highest BCUT2D eigenvalue weighted by Gasteiger charge is 2.29. The lowest BCUT2D eigenvalue weighted by Crippen LogP contribution is -2.44. The van der Waals surface area contributed by atoms with Crippen molar-refractivity contribution in [3.05, 3.63) is 35.4 Å². The summed E-state index contributed by atoms with van der Waals surface area (Å²) in [7, 11) is 0. The number of nitrogens with two attached hydrogens (primary N) is 1. The third-order valence-electron chi connectivity index (χ3n) is 4.07. The van der Waals surface area contributed by atoms with Crippen molar-refractivity contribution < 1.29 is 13.6 Å². The van der Waals surface area contributed by atoms with Crippen LogP contribution < -0.4 is 5.73 Å². The average molecular weight is 296 g/mol. The van der Waals surface area contributed by atoms with Crippen LogP contribution in [0.2, 0.25) is 0 Å². The molecule has 0 bridgehead atoms. The molecule has 0 spiro atoms. The van der Waals surface area contributed by atoms with Crippen LogP contribution in [0, 0.1) is 11.6 Å². The molecule has 3 nitrogen and oxygen atoms in total. The molecule has 2 rings (SSSR count). The van der Waals surface area contributed by atoms with E-state index in [9.17, 15) is 13.6 Å². The molecule has 0 unspecified atom stereocenters. The second kappa shape index (κ2) is 6.98. The summed E-state index contributed by atoms with van der Waals surface area (Å²) in [6.45, 7) is 2.52. The van der Waals surface area contributed by atoms with E-state index in [0.717, 1.165) is 50.3 Å². The molecule has 1 fully saturated rings. The molecule has 0 saturated heterocycles. The number of nitrogens with zero attached hydrogens (tertiary/aromatic N) is 1. The first-order chi connectivity index (χ1) is 10.0. The maximum Gasteiger partial charge on any atom is 0.257 e. The number of benzene rings is 1. The molecule has 1 saturated carbocycles. The van der Waals surface area contributed by atoms with E-state index in [4.69, 9.17) is 5.73 Å². The summed E-state index contributed by atoms with van der Waals surface area (Å²) in [5.74, 6) is -1.69. The topological polar surface area (TPSA) is 46.3 Å².